The van der Waals surface area contributed by atoms with Crippen LogP contribution in [0.1, 0.15) is 11.1 Å². The van der Waals surface area contributed by atoms with Gasteiger partial charge in [0.1, 0.15) is 11.6 Å². The van der Waals surface area contributed by atoms with Crippen molar-refractivity contribution in [2.75, 3.05) is 5.32 Å². The number of hydrogen-bond acceptors (Lipinski definition) is 2. The van der Waals surface area contributed by atoms with Crippen molar-refractivity contribution in [3.8, 4) is 0 Å². The van der Waals surface area contributed by atoms with Gasteiger partial charge in [0.15, 0.2) is 0 Å². The van der Waals surface area contributed by atoms with Gasteiger partial charge in [0, 0.05) is 12.7 Å². The fourth-order valence-electron chi connectivity index (χ4n) is 1.51. The van der Waals surface area contributed by atoms with Gasteiger partial charge >= 0.3 is 0 Å². The highest BCUT2D eigenvalue weighted by Gasteiger charge is 2.02. The van der Waals surface area contributed by atoms with Crippen LogP contribution in [-0.2, 0) is 6.54 Å². The number of halogens is 2. The van der Waals surface area contributed by atoms with E-state index in [1.807, 2.05) is 19.1 Å². The number of aromatic nitrogens is 1. The second-order valence-corrected chi connectivity index (χ2v) is 4.18. The number of nitrogens with one attached hydrogen (secondary N) is 1. The van der Waals surface area contributed by atoms with Gasteiger partial charge in [0.2, 0.25) is 0 Å². The van der Waals surface area contributed by atoms with Crippen molar-refractivity contribution in [1.82, 2.24) is 4.98 Å². The molecule has 0 amide bonds. The minimum atomic E-state index is -0.399. The maximum absolute atomic E-state index is 13.0. The van der Waals surface area contributed by atoms with Crippen LogP contribution in [0.15, 0.2) is 36.5 Å². The van der Waals surface area contributed by atoms with E-state index in [9.17, 15) is 4.39 Å². The lowest BCUT2D eigenvalue weighted by atomic mass is 10.2. The van der Waals surface area contributed by atoms with E-state index in [-0.39, 0.29) is 5.02 Å². The molecule has 0 aliphatic carbocycles. The highest BCUT2D eigenvalue weighted by atomic mass is 35.5. The van der Waals surface area contributed by atoms with Crippen LogP contribution in [0.25, 0.3) is 0 Å². The van der Waals surface area contributed by atoms with Crippen LogP contribution in [0.2, 0.25) is 5.02 Å². The summed E-state index contributed by atoms with van der Waals surface area (Å²) in [6, 6.07) is 8.54. The van der Waals surface area contributed by atoms with Crippen molar-refractivity contribution in [2.24, 2.45) is 0 Å². The van der Waals surface area contributed by atoms with Gasteiger partial charge in [-0.25, -0.2) is 9.37 Å². The summed E-state index contributed by atoms with van der Waals surface area (Å²) in [7, 11) is 0. The van der Waals surface area contributed by atoms with Gasteiger partial charge in [-0.15, -0.1) is 0 Å². The van der Waals surface area contributed by atoms with E-state index in [1.54, 1.807) is 18.3 Å². The third-order valence-electron chi connectivity index (χ3n) is 2.45. The predicted molar refractivity (Wildman–Crippen MR) is 67.7 cm³/mol. The summed E-state index contributed by atoms with van der Waals surface area (Å²) >= 11 is 5.71. The van der Waals surface area contributed by atoms with Gasteiger partial charge in [-0.05, 0) is 36.2 Å². The molecular formula is C13H12ClFN2. The molecule has 1 heterocycles. The van der Waals surface area contributed by atoms with E-state index in [0.29, 0.717) is 6.54 Å². The molecule has 2 aromatic rings. The molecule has 2 rings (SSSR count). The van der Waals surface area contributed by atoms with Gasteiger partial charge in [0.05, 0.1) is 5.02 Å². The normalized spacial score (nSPS) is 10.3. The van der Waals surface area contributed by atoms with Crippen molar-refractivity contribution in [3.05, 3.63) is 58.5 Å². The van der Waals surface area contributed by atoms with Crippen molar-refractivity contribution >= 4 is 17.4 Å². The molecule has 0 saturated carbocycles. The number of rotatable bonds is 3. The average Bonchev–Trinajstić information content (AvgIpc) is 2.32. The highest BCUT2D eigenvalue weighted by molar-refractivity contribution is 6.30. The molecule has 1 N–H and O–H groups in total. The minimum Gasteiger partial charge on any atom is -0.366 e. The first-order valence-corrected chi connectivity index (χ1v) is 5.64. The zero-order valence-corrected chi connectivity index (χ0v) is 10.1. The SMILES string of the molecule is Cc1cccnc1NCc1ccc(F)c(Cl)c1. The molecule has 0 aliphatic heterocycles. The summed E-state index contributed by atoms with van der Waals surface area (Å²) < 4.78 is 13.0. The summed E-state index contributed by atoms with van der Waals surface area (Å²) in [5, 5.41) is 3.32. The predicted octanol–water partition coefficient (Wildman–Crippen LogP) is 3.79. The van der Waals surface area contributed by atoms with Gasteiger partial charge in [0.25, 0.3) is 0 Å². The van der Waals surface area contributed by atoms with Crippen molar-refractivity contribution in [2.45, 2.75) is 13.5 Å². The Labute approximate surface area is 104 Å². The topological polar surface area (TPSA) is 24.9 Å². The van der Waals surface area contributed by atoms with Crippen molar-refractivity contribution < 1.29 is 4.39 Å². The van der Waals surface area contributed by atoms with E-state index in [1.165, 1.54) is 6.07 Å². The first-order chi connectivity index (χ1) is 8.16. The lowest BCUT2D eigenvalue weighted by Crippen LogP contribution is -2.02. The quantitative estimate of drug-likeness (QED) is 0.896. The fraction of sp³-hybridized carbons (Fsp3) is 0.154. The van der Waals surface area contributed by atoms with Gasteiger partial charge in [-0.3, -0.25) is 0 Å². The number of hydrogen-bond donors (Lipinski definition) is 1. The van der Waals surface area contributed by atoms with Gasteiger partial charge in [-0.2, -0.15) is 0 Å². The molecule has 0 radical (unpaired) electrons. The summed E-state index contributed by atoms with van der Waals surface area (Å²) in [6.45, 7) is 2.55. The molecule has 2 nitrogen and oxygen atoms in total. The van der Waals surface area contributed by atoms with E-state index in [2.05, 4.69) is 10.3 Å². The van der Waals surface area contributed by atoms with E-state index in [0.717, 1.165) is 16.9 Å². The Hall–Kier alpha value is -1.61. The zero-order valence-electron chi connectivity index (χ0n) is 9.37. The third-order valence-corrected chi connectivity index (χ3v) is 2.74. The average molecular weight is 251 g/mol. The number of benzene rings is 1. The van der Waals surface area contributed by atoms with Crippen LogP contribution in [0.4, 0.5) is 10.2 Å². The summed E-state index contributed by atoms with van der Waals surface area (Å²) in [4.78, 5) is 4.22. The standard InChI is InChI=1S/C13H12ClFN2/c1-9-3-2-6-16-13(9)17-8-10-4-5-12(15)11(14)7-10/h2-7H,8H2,1H3,(H,16,17). The molecule has 0 unspecified atom stereocenters. The summed E-state index contributed by atoms with van der Waals surface area (Å²) in [6.07, 6.45) is 1.73. The number of aryl methyl sites for hydroxylation is 1. The van der Waals surface area contributed by atoms with Crippen LogP contribution in [0, 0.1) is 12.7 Å². The zero-order chi connectivity index (χ0) is 12.3. The first kappa shape index (κ1) is 11.9. The first-order valence-electron chi connectivity index (χ1n) is 5.26. The second kappa shape index (κ2) is 5.15. The fourth-order valence-corrected chi connectivity index (χ4v) is 1.71. The molecule has 0 bridgehead atoms. The van der Waals surface area contributed by atoms with E-state index >= 15 is 0 Å². The molecule has 0 saturated heterocycles. The Kier molecular flexibility index (Phi) is 3.59. The number of pyridine rings is 1. The molecule has 88 valence electrons. The summed E-state index contributed by atoms with van der Waals surface area (Å²) in [5.41, 5.74) is 1.99. The van der Waals surface area contributed by atoms with Crippen LogP contribution in [-0.4, -0.2) is 4.98 Å². The van der Waals surface area contributed by atoms with Gasteiger partial charge in [-0.1, -0.05) is 23.7 Å². The Bertz CT molecular complexity index is 529. The van der Waals surface area contributed by atoms with Crippen LogP contribution < -0.4 is 5.32 Å². The van der Waals surface area contributed by atoms with Crippen LogP contribution >= 0.6 is 11.6 Å². The monoisotopic (exact) mass is 250 g/mol. The minimum absolute atomic E-state index is 0.141. The third kappa shape index (κ3) is 2.94. The van der Waals surface area contributed by atoms with Crippen molar-refractivity contribution in [3.63, 3.8) is 0 Å². The molecule has 17 heavy (non-hydrogen) atoms. The van der Waals surface area contributed by atoms with E-state index in [4.69, 9.17) is 11.6 Å². The van der Waals surface area contributed by atoms with E-state index < -0.39 is 5.82 Å². The molecule has 0 spiro atoms. The Morgan fingerprint density at radius 1 is 1.35 bits per heavy atom. The molecule has 4 heteroatoms. The Morgan fingerprint density at radius 3 is 2.88 bits per heavy atom. The van der Waals surface area contributed by atoms with Crippen molar-refractivity contribution in [1.29, 1.82) is 0 Å². The lowest BCUT2D eigenvalue weighted by Gasteiger charge is -2.08. The molecule has 0 atom stereocenters. The molecular weight excluding hydrogens is 239 g/mol. The molecule has 0 aliphatic rings. The smallest absolute Gasteiger partial charge is 0.141 e. The van der Waals surface area contributed by atoms with Gasteiger partial charge < -0.3 is 5.32 Å². The number of anilines is 1. The Balaban J connectivity index is 2.08. The van der Waals surface area contributed by atoms with Crippen LogP contribution in [0.3, 0.4) is 0 Å². The number of nitrogens with zero attached hydrogens (tertiary/aromatic N) is 1. The van der Waals surface area contributed by atoms with Crippen LogP contribution in [0.5, 0.6) is 0 Å². The molecule has 1 aromatic heterocycles. The highest BCUT2D eigenvalue weighted by Crippen LogP contribution is 2.17. The Morgan fingerprint density at radius 2 is 2.18 bits per heavy atom. The summed E-state index contributed by atoms with van der Waals surface area (Å²) in [5.74, 6) is 0.428. The maximum atomic E-state index is 13.0. The molecule has 1 aromatic carbocycles. The second-order valence-electron chi connectivity index (χ2n) is 3.77. The molecule has 0 fully saturated rings. The maximum Gasteiger partial charge on any atom is 0.141 e. The largest absolute Gasteiger partial charge is 0.366 e. The lowest BCUT2D eigenvalue weighted by molar-refractivity contribution is 0.627.